The molecule has 23 heavy (non-hydrogen) atoms. The van der Waals surface area contributed by atoms with E-state index in [1.807, 2.05) is 30.3 Å². The van der Waals surface area contributed by atoms with Gasteiger partial charge in [-0.25, -0.2) is 0 Å². The number of nitrogens with zero attached hydrogens (tertiary/aromatic N) is 2. The maximum atomic E-state index is 12.5. The van der Waals surface area contributed by atoms with Gasteiger partial charge < -0.3 is 9.94 Å². The van der Waals surface area contributed by atoms with Gasteiger partial charge in [-0.3, -0.25) is 4.79 Å². The van der Waals surface area contributed by atoms with Crippen molar-refractivity contribution in [3.63, 3.8) is 0 Å². The van der Waals surface area contributed by atoms with Crippen molar-refractivity contribution in [1.29, 1.82) is 0 Å². The summed E-state index contributed by atoms with van der Waals surface area (Å²) in [5.74, 6) is -0.257. The smallest absolute Gasteiger partial charge is 0.325 e. The van der Waals surface area contributed by atoms with Crippen molar-refractivity contribution >= 4 is 28.6 Å². The van der Waals surface area contributed by atoms with Gasteiger partial charge in [-0.2, -0.15) is 0 Å². The first-order valence-corrected chi connectivity index (χ1v) is 8.03. The highest BCUT2D eigenvalue weighted by molar-refractivity contribution is 8.00. The first-order chi connectivity index (χ1) is 11.1. The molecule has 0 unspecified atom stereocenters. The summed E-state index contributed by atoms with van der Waals surface area (Å²) < 4.78 is 1.21. The van der Waals surface area contributed by atoms with Gasteiger partial charge in [-0.05, 0) is 25.1 Å². The van der Waals surface area contributed by atoms with Crippen LogP contribution < -0.4 is 4.43 Å². The fraction of sp³-hybridized carbons (Fsp3) is 0.118. The van der Waals surface area contributed by atoms with Gasteiger partial charge in [0, 0.05) is 15.9 Å². The largest absolute Gasteiger partial charge is 0.805 e. The minimum atomic E-state index is -0.360. The Morgan fingerprint density at radius 2 is 1.78 bits per heavy atom. The number of carbonyl (C=O) groups is 1. The molecule has 0 radical (unpaired) electrons. The number of ketones is 1. The second-order valence-corrected chi connectivity index (χ2v) is 6.09. The standard InChI is InChI=1S/C17H14N2O3S/c1-12-17(16(20)11-23-13-7-3-2-4-8-13)19(22)15-10-6-5-9-14(15)18(12)21/h2-10H,11H2,1H3. The lowest BCUT2D eigenvalue weighted by atomic mass is 10.2. The Kier molecular flexibility index (Phi) is 4.16. The van der Waals surface area contributed by atoms with Crippen LogP contribution in [0.4, 0.5) is 0 Å². The highest BCUT2D eigenvalue weighted by Crippen LogP contribution is 2.20. The van der Waals surface area contributed by atoms with Crippen molar-refractivity contribution in [2.75, 3.05) is 5.75 Å². The summed E-state index contributed by atoms with van der Waals surface area (Å²) in [4.78, 5) is 25.9. The monoisotopic (exact) mass is 326 g/mol. The van der Waals surface area contributed by atoms with Gasteiger partial charge in [0.15, 0.2) is 0 Å². The molecule has 0 amide bonds. The van der Waals surface area contributed by atoms with Crippen LogP contribution in [0.3, 0.4) is 0 Å². The maximum absolute atomic E-state index is 12.5. The van der Waals surface area contributed by atoms with Crippen molar-refractivity contribution < 1.29 is 9.22 Å². The third-order valence-electron chi connectivity index (χ3n) is 3.55. The molecule has 3 rings (SSSR count). The van der Waals surface area contributed by atoms with E-state index in [-0.39, 0.29) is 34.0 Å². The topological polar surface area (TPSA) is 68.0 Å². The zero-order chi connectivity index (χ0) is 16.4. The van der Waals surface area contributed by atoms with E-state index < -0.39 is 0 Å². The Morgan fingerprint density at radius 1 is 1.13 bits per heavy atom. The minimum Gasteiger partial charge on any atom is -0.805 e. The van der Waals surface area contributed by atoms with Crippen molar-refractivity contribution in [3.8, 4) is 0 Å². The van der Waals surface area contributed by atoms with E-state index in [0.29, 0.717) is 9.16 Å². The molecule has 0 aliphatic carbocycles. The summed E-state index contributed by atoms with van der Waals surface area (Å²) >= 11 is 1.34. The number of para-hydroxylation sites is 2. The van der Waals surface area contributed by atoms with E-state index in [2.05, 4.69) is 0 Å². The second-order valence-electron chi connectivity index (χ2n) is 5.04. The van der Waals surface area contributed by atoms with Crippen LogP contribution in [0.25, 0.3) is 11.0 Å². The molecule has 5 nitrogen and oxygen atoms in total. The molecule has 0 aliphatic heterocycles. The van der Waals surface area contributed by atoms with E-state index in [1.165, 1.54) is 24.8 Å². The number of aromatic nitrogens is 2. The Morgan fingerprint density at radius 3 is 2.52 bits per heavy atom. The average Bonchev–Trinajstić information content (AvgIpc) is 2.59. The lowest BCUT2D eigenvalue weighted by molar-refractivity contribution is -0.468. The van der Waals surface area contributed by atoms with E-state index in [9.17, 15) is 14.9 Å². The molecule has 0 atom stereocenters. The van der Waals surface area contributed by atoms with Gasteiger partial charge in [0.25, 0.3) is 5.52 Å². The van der Waals surface area contributed by atoms with Crippen molar-refractivity contribution in [2.45, 2.75) is 11.8 Å². The molecule has 0 bridgehead atoms. The number of benzene rings is 2. The summed E-state index contributed by atoms with van der Waals surface area (Å²) in [5.41, 5.74) is 0.480. The summed E-state index contributed by atoms with van der Waals surface area (Å²) in [6.07, 6.45) is 0. The second kappa shape index (κ2) is 6.26. The Hall–Kier alpha value is -2.60. The quantitative estimate of drug-likeness (QED) is 0.419. The molecule has 0 fully saturated rings. The summed E-state index contributed by atoms with van der Waals surface area (Å²) in [5, 5.41) is 12.3. The van der Waals surface area contributed by atoms with Crippen LogP contribution in [0.2, 0.25) is 0 Å². The summed E-state index contributed by atoms with van der Waals surface area (Å²) in [6, 6.07) is 15.9. The average molecular weight is 326 g/mol. The van der Waals surface area contributed by atoms with Gasteiger partial charge in [0.1, 0.15) is 5.52 Å². The molecular weight excluding hydrogens is 312 g/mol. The van der Waals surface area contributed by atoms with Crippen LogP contribution >= 0.6 is 11.8 Å². The molecular formula is C17H14N2O3S. The lowest BCUT2D eigenvalue weighted by Crippen LogP contribution is -2.31. The van der Waals surface area contributed by atoms with E-state index in [1.54, 1.807) is 18.2 Å². The number of fused-ring (bicyclic) bond motifs is 1. The van der Waals surface area contributed by atoms with Crippen LogP contribution in [-0.4, -0.2) is 16.3 Å². The van der Waals surface area contributed by atoms with Crippen molar-refractivity contribution in [2.24, 2.45) is 0 Å². The van der Waals surface area contributed by atoms with Gasteiger partial charge >= 0.3 is 5.69 Å². The number of hydrogen-bond donors (Lipinski definition) is 0. The normalized spacial score (nSPS) is 10.8. The predicted octanol–water partition coefficient (Wildman–Crippen LogP) is 3.19. The van der Waals surface area contributed by atoms with E-state index in [4.69, 9.17) is 0 Å². The predicted molar refractivity (Wildman–Crippen MR) is 90.3 cm³/mol. The Labute approximate surface area is 136 Å². The van der Waals surface area contributed by atoms with Crippen LogP contribution in [0.5, 0.6) is 0 Å². The molecule has 116 valence electrons. The zero-order valence-electron chi connectivity index (χ0n) is 12.4. The summed E-state index contributed by atoms with van der Waals surface area (Å²) in [6.45, 7) is 1.49. The third kappa shape index (κ3) is 2.85. The van der Waals surface area contributed by atoms with E-state index in [0.717, 1.165) is 4.90 Å². The lowest BCUT2D eigenvalue weighted by Gasteiger charge is -2.15. The van der Waals surface area contributed by atoms with Crippen LogP contribution in [0, 0.1) is 17.0 Å². The number of rotatable bonds is 4. The molecule has 1 aromatic heterocycles. The first kappa shape index (κ1) is 15.3. The molecule has 6 heteroatoms. The minimum absolute atomic E-state index is 0.0952. The summed E-state index contributed by atoms with van der Waals surface area (Å²) in [7, 11) is 0. The number of thioether (sulfide) groups is 1. The van der Waals surface area contributed by atoms with Crippen molar-refractivity contribution in [3.05, 3.63) is 76.1 Å². The van der Waals surface area contributed by atoms with Crippen LogP contribution in [0.1, 0.15) is 16.2 Å². The van der Waals surface area contributed by atoms with E-state index >= 15 is 0 Å². The number of Topliss-reactive ketones (excluding diaryl/α,β-unsaturated/α-hetero) is 1. The molecule has 0 N–H and O–H groups in total. The van der Waals surface area contributed by atoms with Gasteiger partial charge in [0.2, 0.25) is 5.78 Å². The molecule has 0 saturated heterocycles. The van der Waals surface area contributed by atoms with Gasteiger partial charge in [-0.1, -0.05) is 30.3 Å². The first-order valence-electron chi connectivity index (χ1n) is 7.05. The Bertz CT molecular complexity index is 936. The third-order valence-corrected chi connectivity index (χ3v) is 4.56. The highest BCUT2D eigenvalue weighted by atomic mass is 32.2. The number of carbonyl (C=O) groups excluding carboxylic acids is 1. The van der Waals surface area contributed by atoms with Crippen LogP contribution in [-0.2, 0) is 0 Å². The van der Waals surface area contributed by atoms with Gasteiger partial charge in [0.05, 0.1) is 15.9 Å². The fourth-order valence-corrected chi connectivity index (χ4v) is 3.18. The molecule has 0 aliphatic rings. The zero-order valence-corrected chi connectivity index (χ0v) is 13.2. The molecule has 0 saturated carbocycles. The maximum Gasteiger partial charge on any atom is 0.325 e. The van der Waals surface area contributed by atoms with Crippen LogP contribution in [0.15, 0.2) is 59.5 Å². The Balaban J connectivity index is 1.99. The molecule has 2 aromatic carbocycles. The fourth-order valence-electron chi connectivity index (χ4n) is 2.40. The SMILES string of the molecule is Cc1c(C(=O)CSc2ccccc2)[n+](=O)c2ccccc2n1[O-]. The molecule has 0 spiro atoms. The highest BCUT2D eigenvalue weighted by Gasteiger charge is 2.26. The van der Waals surface area contributed by atoms with Crippen molar-refractivity contribution in [1.82, 2.24) is 4.73 Å². The number of hydrogen-bond acceptors (Lipinski definition) is 4. The molecule has 1 heterocycles. The molecule has 3 aromatic rings. The van der Waals surface area contributed by atoms with Gasteiger partial charge in [-0.15, -0.1) is 11.8 Å².